The van der Waals surface area contributed by atoms with Crippen LogP contribution in [0.5, 0.6) is 0 Å². The first-order valence-corrected chi connectivity index (χ1v) is 8.83. The molecule has 1 amide bonds. The molecule has 0 saturated carbocycles. The molecule has 4 rings (SSSR count). The number of para-hydroxylation sites is 2. The van der Waals surface area contributed by atoms with Crippen LogP contribution < -0.4 is 5.32 Å². The number of fused-ring (bicyclic) bond motifs is 2. The van der Waals surface area contributed by atoms with Crippen LogP contribution in [0.1, 0.15) is 36.1 Å². The van der Waals surface area contributed by atoms with E-state index in [2.05, 4.69) is 29.1 Å². The van der Waals surface area contributed by atoms with Gasteiger partial charge in [-0.25, -0.2) is 4.98 Å². The zero-order valence-corrected chi connectivity index (χ0v) is 15.2. The first-order valence-electron chi connectivity index (χ1n) is 8.83. The molecule has 4 aromatic rings. The van der Waals surface area contributed by atoms with Crippen LogP contribution >= 0.6 is 0 Å². The van der Waals surface area contributed by atoms with Crippen LogP contribution in [-0.4, -0.2) is 20.4 Å². The maximum absolute atomic E-state index is 12.8. The predicted molar refractivity (Wildman–Crippen MR) is 104 cm³/mol. The van der Waals surface area contributed by atoms with Gasteiger partial charge in [-0.1, -0.05) is 26.0 Å². The van der Waals surface area contributed by atoms with Crippen LogP contribution in [0.25, 0.3) is 21.9 Å². The summed E-state index contributed by atoms with van der Waals surface area (Å²) in [6.07, 6.45) is 2.00. The van der Waals surface area contributed by atoms with E-state index in [0.717, 1.165) is 27.8 Å². The van der Waals surface area contributed by atoms with E-state index in [1.165, 1.54) is 0 Å². The summed E-state index contributed by atoms with van der Waals surface area (Å²) < 4.78 is 2.04. The van der Waals surface area contributed by atoms with Gasteiger partial charge in [-0.15, -0.1) is 0 Å². The van der Waals surface area contributed by atoms with Gasteiger partial charge in [-0.3, -0.25) is 4.79 Å². The third-order valence-corrected chi connectivity index (χ3v) is 4.80. The van der Waals surface area contributed by atoms with Crippen molar-refractivity contribution in [1.29, 1.82) is 0 Å². The van der Waals surface area contributed by atoms with Gasteiger partial charge in [0.25, 0.3) is 5.91 Å². The highest BCUT2D eigenvalue weighted by atomic mass is 16.1. The summed E-state index contributed by atoms with van der Waals surface area (Å²) >= 11 is 0. The molecule has 2 N–H and O–H groups in total. The smallest absolute Gasteiger partial charge is 0.251 e. The molecule has 0 aliphatic rings. The summed E-state index contributed by atoms with van der Waals surface area (Å²) in [4.78, 5) is 20.8. The molecule has 0 radical (unpaired) electrons. The lowest BCUT2D eigenvalue weighted by Gasteiger charge is -2.20. The largest absolute Gasteiger partial charge is 0.351 e. The quantitative estimate of drug-likeness (QED) is 0.582. The molecule has 2 aromatic carbocycles. The molecular weight excluding hydrogens is 324 g/mol. The minimum Gasteiger partial charge on any atom is -0.351 e. The number of aromatic nitrogens is 3. The van der Waals surface area contributed by atoms with Gasteiger partial charge in [0.05, 0.1) is 17.1 Å². The number of hydrogen-bond acceptors (Lipinski definition) is 2. The van der Waals surface area contributed by atoms with Crippen molar-refractivity contribution in [1.82, 2.24) is 19.9 Å². The van der Waals surface area contributed by atoms with Gasteiger partial charge in [-0.05, 0) is 42.3 Å². The SMILES string of the molecule is CC(C)[C@@H](NC(=O)c1ccc2c(ccn2C)c1)c1nc2ccccc2[nH]1. The van der Waals surface area contributed by atoms with Gasteiger partial charge >= 0.3 is 0 Å². The van der Waals surface area contributed by atoms with Gasteiger partial charge in [0.2, 0.25) is 0 Å². The fourth-order valence-corrected chi connectivity index (χ4v) is 3.32. The average molecular weight is 346 g/mol. The van der Waals surface area contributed by atoms with Crippen molar-refractivity contribution in [3.63, 3.8) is 0 Å². The molecule has 0 spiro atoms. The first kappa shape index (κ1) is 16.4. The van der Waals surface area contributed by atoms with Crippen LogP contribution in [0.2, 0.25) is 0 Å². The maximum Gasteiger partial charge on any atom is 0.251 e. The number of aryl methyl sites for hydroxylation is 1. The Labute approximate surface area is 152 Å². The highest BCUT2D eigenvalue weighted by molar-refractivity contribution is 5.98. The van der Waals surface area contributed by atoms with Gasteiger partial charge in [0.15, 0.2) is 0 Å². The van der Waals surface area contributed by atoms with E-state index in [4.69, 9.17) is 0 Å². The lowest BCUT2D eigenvalue weighted by molar-refractivity contribution is 0.0923. The van der Waals surface area contributed by atoms with Crippen molar-refractivity contribution in [3.8, 4) is 0 Å². The molecule has 0 aliphatic heterocycles. The number of benzene rings is 2. The summed E-state index contributed by atoms with van der Waals surface area (Å²) in [6.45, 7) is 4.16. The first-order chi connectivity index (χ1) is 12.5. The molecule has 5 nitrogen and oxygen atoms in total. The van der Waals surface area contributed by atoms with Crippen LogP contribution in [-0.2, 0) is 7.05 Å². The number of nitrogens with zero attached hydrogens (tertiary/aromatic N) is 2. The van der Waals surface area contributed by atoms with Gasteiger partial charge in [0.1, 0.15) is 5.82 Å². The van der Waals surface area contributed by atoms with Crippen molar-refractivity contribution in [3.05, 3.63) is 66.1 Å². The number of imidazole rings is 1. The fraction of sp³-hybridized carbons (Fsp3) is 0.238. The van der Waals surface area contributed by atoms with Crippen LogP contribution in [0.15, 0.2) is 54.7 Å². The van der Waals surface area contributed by atoms with E-state index in [0.29, 0.717) is 5.56 Å². The number of nitrogens with one attached hydrogen (secondary N) is 2. The number of hydrogen-bond donors (Lipinski definition) is 2. The van der Waals surface area contributed by atoms with E-state index in [-0.39, 0.29) is 17.9 Å². The van der Waals surface area contributed by atoms with Crippen molar-refractivity contribution in [2.75, 3.05) is 0 Å². The molecule has 5 heteroatoms. The number of amides is 1. The summed E-state index contributed by atoms with van der Waals surface area (Å²) in [7, 11) is 2.00. The van der Waals surface area contributed by atoms with Gasteiger partial charge < -0.3 is 14.9 Å². The zero-order valence-electron chi connectivity index (χ0n) is 15.2. The number of carbonyl (C=O) groups is 1. The summed E-state index contributed by atoms with van der Waals surface area (Å²) in [6, 6.07) is 15.5. The standard InChI is InChI=1S/C21H22N4O/c1-13(2)19(20-22-16-6-4-5-7-17(16)23-20)24-21(26)15-8-9-18-14(12-15)10-11-25(18)3/h4-13,19H,1-3H3,(H,22,23)(H,24,26)/t19-/m1/s1. The minimum atomic E-state index is -0.179. The second-order valence-electron chi connectivity index (χ2n) is 7.03. The Kier molecular flexibility index (Phi) is 3.99. The van der Waals surface area contributed by atoms with Crippen molar-refractivity contribution in [2.45, 2.75) is 19.9 Å². The van der Waals surface area contributed by atoms with Crippen LogP contribution in [0.4, 0.5) is 0 Å². The van der Waals surface area contributed by atoms with Crippen LogP contribution in [0.3, 0.4) is 0 Å². The molecule has 0 saturated heterocycles. The third-order valence-electron chi connectivity index (χ3n) is 4.80. The summed E-state index contributed by atoms with van der Waals surface area (Å²) in [5.74, 6) is 0.908. The molecule has 2 heterocycles. The zero-order chi connectivity index (χ0) is 18.3. The Morgan fingerprint density at radius 3 is 2.73 bits per heavy atom. The average Bonchev–Trinajstić information content (AvgIpc) is 3.22. The minimum absolute atomic E-state index is 0.0880. The van der Waals surface area contributed by atoms with E-state index in [1.54, 1.807) is 0 Å². The maximum atomic E-state index is 12.8. The van der Waals surface area contributed by atoms with E-state index >= 15 is 0 Å². The highest BCUT2D eigenvalue weighted by Gasteiger charge is 2.22. The molecule has 0 bridgehead atoms. The number of H-pyrrole nitrogens is 1. The van der Waals surface area contributed by atoms with Crippen LogP contribution in [0, 0.1) is 5.92 Å². The number of rotatable bonds is 4. The lowest BCUT2D eigenvalue weighted by atomic mass is 10.0. The van der Waals surface area contributed by atoms with E-state index < -0.39 is 0 Å². The summed E-state index contributed by atoms with van der Waals surface area (Å²) in [5, 5.41) is 4.20. The Bertz CT molecular complexity index is 1060. The fourth-order valence-electron chi connectivity index (χ4n) is 3.32. The predicted octanol–water partition coefficient (Wildman–Crippen LogP) is 4.18. The normalized spacial score (nSPS) is 12.8. The van der Waals surface area contributed by atoms with Crippen molar-refractivity contribution in [2.24, 2.45) is 13.0 Å². The molecular formula is C21H22N4O. The number of carbonyl (C=O) groups excluding carboxylic acids is 1. The second-order valence-corrected chi connectivity index (χ2v) is 7.03. The second kappa shape index (κ2) is 6.33. The summed E-state index contributed by atoms with van der Waals surface area (Å²) in [5.41, 5.74) is 3.66. The van der Waals surface area contributed by atoms with E-state index in [1.807, 2.05) is 66.3 Å². The molecule has 2 aromatic heterocycles. The molecule has 0 fully saturated rings. The molecule has 0 unspecified atom stereocenters. The van der Waals surface area contributed by atoms with Gasteiger partial charge in [-0.2, -0.15) is 0 Å². The Morgan fingerprint density at radius 1 is 1.15 bits per heavy atom. The Hall–Kier alpha value is -3.08. The topological polar surface area (TPSA) is 62.7 Å². The molecule has 132 valence electrons. The monoisotopic (exact) mass is 346 g/mol. The van der Waals surface area contributed by atoms with Crippen molar-refractivity contribution >= 4 is 27.8 Å². The van der Waals surface area contributed by atoms with Crippen molar-refractivity contribution < 1.29 is 4.79 Å². The lowest BCUT2D eigenvalue weighted by Crippen LogP contribution is -2.32. The Balaban J connectivity index is 1.63. The molecule has 0 aliphatic carbocycles. The van der Waals surface area contributed by atoms with E-state index in [9.17, 15) is 4.79 Å². The third kappa shape index (κ3) is 2.86. The Morgan fingerprint density at radius 2 is 1.96 bits per heavy atom. The van der Waals surface area contributed by atoms with Gasteiger partial charge in [0, 0.05) is 29.7 Å². The molecule has 26 heavy (non-hydrogen) atoms. The molecule has 1 atom stereocenters. The highest BCUT2D eigenvalue weighted by Crippen LogP contribution is 2.23. The number of aromatic amines is 1.